The zero-order valence-corrected chi connectivity index (χ0v) is 11.4. The molecule has 0 bridgehead atoms. The van der Waals surface area contributed by atoms with E-state index in [4.69, 9.17) is 4.52 Å². The Hall–Kier alpha value is -1.71. The van der Waals surface area contributed by atoms with Crippen LogP contribution in [0.15, 0.2) is 21.7 Å². The van der Waals surface area contributed by atoms with Crippen molar-refractivity contribution in [3.05, 3.63) is 29.7 Å². The molecule has 0 aliphatic rings. The molecule has 0 fully saturated rings. The standard InChI is InChI=1S/C10H15N5O3S/c1-7-14-10(15-18-7)6-13-19(16,17)9-3-8(4-11-2)12-5-9/h3,5,11-13H,4,6H2,1-2H3. The molecule has 0 aliphatic heterocycles. The van der Waals surface area contributed by atoms with Crippen molar-refractivity contribution in [3.8, 4) is 0 Å². The Bertz CT molecular complexity index is 646. The summed E-state index contributed by atoms with van der Waals surface area (Å²) in [5.41, 5.74) is 0.790. The van der Waals surface area contributed by atoms with Gasteiger partial charge in [0.1, 0.15) is 0 Å². The van der Waals surface area contributed by atoms with Gasteiger partial charge in [-0.3, -0.25) is 0 Å². The fraction of sp³-hybridized carbons (Fsp3) is 0.400. The molecule has 0 saturated carbocycles. The highest BCUT2D eigenvalue weighted by Gasteiger charge is 2.16. The molecule has 0 spiro atoms. The fourth-order valence-corrected chi connectivity index (χ4v) is 2.52. The van der Waals surface area contributed by atoms with Crippen molar-refractivity contribution in [1.29, 1.82) is 0 Å². The average molecular weight is 285 g/mol. The summed E-state index contributed by atoms with van der Waals surface area (Å²) in [6.07, 6.45) is 1.44. The van der Waals surface area contributed by atoms with Gasteiger partial charge in [-0.2, -0.15) is 4.98 Å². The molecule has 2 aromatic rings. The maximum absolute atomic E-state index is 12.0. The number of sulfonamides is 1. The number of rotatable bonds is 6. The molecule has 0 aliphatic carbocycles. The zero-order valence-electron chi connectivity index (χ0n) is 10.6. The Morgan fingerprint density at radius 3 is 2.84 bits per heavy atom. The molecule has 0 amide bonds. The molecule has 0 saturated heterocycles. The van der Waals surface area contributed by atoms with Crippen LogP contribution in [0, 0.1) is 6.92 Å². The summed E-state index contributed by atoms with van der Waals surface area (Å²) < 4.78 is 31.2. The van der Waals surface area contributed by atoms with Crippen molar-refractivity contribution in [1.82, 2.24) is 25.2 Å². The Morgan fingerprint density at radius 2 is 2.21 bits per heavy atom. The lowest BCUT2D eigenvalue weighted by atomic mass is 10.4. The maximum atomic E-state index is 12.0. The fourth-order valence-electron chi connectivity index (χ4n) is 1.52. The Labute approximate surface area is 110 Å². The predicted molar refractivity (Wildman–Crippen MR) is 66.6 cm³/mol. The number of hydrogen-bond acceptors (Lipinski definition) is 6. The number of hydrogen-bond donors (Lipinski definition) is 3. The SMILES string of the molecule is CNCc1cc(S(=O)(=O)NCc2noc(C)n2)c[nH]1. The van der Waals surface area contributed by atoms with E-state index in [1.807, 2.05) is 0 Å². The molecular weight excluding hydrogens is 270 g/mol. The van der Waals surface area contributed by atoms with Crippen LogP contribution in [0.5, 0.6) is 0 Å². The van der Waals surface area contributed by atoms with Crippen LogP contribution in [-0.2, 0) is 23.1 Å². The minimum absolute atomic E-state index is 0.00772. The number of nitrogens with zero attached hydrogens (tertiary/aromatic N) is 2. The highest BCUT2D eigenvalue weighted by molar-refractivity contribution is 7.89. The summed E-state index contributed by atoms with van der Waals surface area (Å²) in [7, 11) is -1.79. The second-order valence-corrected chi connectivity index (χ2v) is 5.71. The van der Waals surface area contributed by atoms with E-state index < -0.39 is 10.0 Å². The predicted octanol–water partition coefficient (Wildman–Crippen LogP) is -0.0960. The largest absolute Gasteiger partial charge is 0.363 e. The van der Waals surface area contributed by atoms with Crippen LogP contribution in [0.2, 0.25) is 0 Å². The Kier molecular flexibility index (Phi) is 3.98. The highest BCUT2D eigenvalue weighted by Crippen LogP contribution is 2.10. The molecule has 0 unspecified atom stereocenters. The van der Waals surface area contributed by atoms with Crippen LogP contribution in [0.1, 0.15) is 17.4 Å². The van der Waals surface area contributed by atoms with E-state index in [1.165, 1.54) is 6.20 Å². The van der Waals surface area contributed by atoms with Crippen LogP contribution in [0.3, 0.4) is 0 Å². The van der Waals surface area contributed by atoms with E-state index in [0.717, 1.165) is 5.69 Å². The molecule has 0 atom stereocenters. The first kappa shape index (κ1) is 13.7. The molecule has 9 heteroatoms. The lowest BCUT2D eigenvalue weighted by molar-refractivity contribution is 0.387. The average Bonchev–Trinajstić information content (AvgIpc) is 2.97. The van der Waals surface area contributed by atoms with Gasteiger partial charge in [-0.05, 0) is 13.1 Å². The van der Waals surface area contributed by atoms with Gasteiger partial charge in [0, 0.05) is 25.4 Å². The Balaban J connectivity index is 2.04. The second kappa shape index (κ2) is 5.51. The van der Waals surface area contributed by atoms with Crippen LogP contribution < -0.4 is 10.0 Å². The van der Waals surface area contributed by atoms with Gasteiger partial charge in [-0.25, -0.2) is 13.1 Å². The number of aromatic nitrogens is 3. The molecule has 19 heavy (non-hydrogen) atoms. The van der Waals surface area contributed by atoms with Crippen molar-refractivity contribution in [2.75, 3.05) is 7.05 Å². The van der Waals surface area contributed by atoms with E-state index in [9.17, 15) is 8.42 Å². The van der Waals surface area contributed by atoms with Crippen LogP contribution in [0.4, 0.5) is 0 Å². The summed E-state index contributed by atoms with van der Waals surface area (Å²) in [6, 6.07) is 1.57. The van der Waals surface area contributed by atoms with Crippen molar-refractivity contribution in [3.63, 3.8) is 0 Å². The quantitative estimate of drug-likeness (QED) is 0.683. The number of H-pyrrole nitrogens is 1. The monoisotopic (exact) mass is 285 g/mol. The van der Waals surface area contributed by atoms with E-state index in [2.05, 4.69) is 25.2 Å². The van der Waals surface area contributed by atoms with E-state index in [0.29, 0.717) is 18.3 Å². The van der Waals surface area contributed by atoms with Gasteiger partial charge in [0.15, 0.2) is 5.82 Å². The second-order valence-electron chi connectivity index (χ2n) is 3.95. The topological polar surface area (TPSA) is 113 Å². The van der Waals surface area contributed by atoms with Gasteiger partial charge in [0.05, 0.1) is 11.4 Å². The number of aromatic amines is 1. The van der Waals surface area contributed by atoms with Gasteiger partial charge >= 0.3 is 0 Å². The summed E-state index contributed by atoms with van der Waals surface area (Å²) >= 11 is 0. The number of nitrogens with one attached hydrogen (secondary N) is 3. The molecule has 0 aromatic carbocycles. The first-order valence-corrected chi connectivity index (χ1v) is 7.10. The molecule has 2 aromatic heterocycles. The van der Waals surface area contributed by atoms with Gasteiger partial charge in [-0.1, -0.05) is 5.16 Å². The van der Waals surface area contributed by atoms with Crippen molar-refractivity contribution in [2.24, 2.45) is 0 Å². The lowest BCUT2D eigenvalue weighted by Gasteiger charge is -2.01. The molecule has 104 valence electrons. The summed E-state index contributed by atoms with van der Waals surface area (Å²) in [5, 5.41) is 6.55. The lowest BCUT2D eigenvalue weighted by Crippen LogP contribution is -2.23. The summed E-state index contributed by atoms with van der Waals surface area (Å²) in [5.74, 6) is 0.694. The van der Waals surface area contributed by atoms with Gasteiger partial charge in [0.25, 0.3) is 0 Å². The van der Waals surface area contributed by atoms with Gasteiger partial charge in [-0.15, -0.1) is 0 Å². The van der Waals surface area contributed by atoms with E-state index in [-0.39, 0.29) is 11.4 Å². The third kappa shape index (κ3) is 3.40. The molecule has 8 nitrogen and oxygen atoms in total. The number of aryl methyl sites for hydroxylation is 1. The van der Waals surface area contributed by atoms with E-state index in [1.54, 1.807) is 20.0 Å². The zero-order chi connectivity index (χ0) is 13.9. The van der Waals surface area contributed by atoms with Gasteiger partial charge in [0.2, 0.25) is 15.9 Å². The third-order valence-corrected chi connectivity index (χ3v) is 3.76. The minimum atomic E-state index is -3.58. The molecule has 2 rings (SSSR count). The maximum Gasteiger partial charge on any atom is 0.242 e. The molecule has 2 heterocycles. The normalized spacial score (nSPS) is 11.9. The molecule has 3 N–H and O–H groups in total. The van der Waals surface area contributed by atoms with Crippen molar-refractivity contribution >= 4 is 10.0 Å². The Morgan fingerprint density at radius 1 is 1.42 bits per heavy atom. The van der Waals surface area contributed by atoms with Crippen molar-refractivity contribution < 1.29 is 12.9 Å². The highest BCUT2D eigenvalue weighted by atomic mass is 32.2. The molecular formula is C10H15N5O3S. The van der Waals surface area contributed by atoms with E-state index >= 15 is 0 Å². The third-order valence-electron chi connectivity index (χ3n) is 2.38. The minimum Gasteiger partial charge on any atom is -0.363 e. The van der Waals surface area contributed by atoms with Crippen LogP contribution in [0.25, 0.3) is 0 Å². The first-order chi connectivity index (χ1) is 9.01. The van der Waals surface area contributed by atoms with Crippen LogP contribution >= 0.6 is 0 Å². The summed E-state index contributed by atoms with van der Waals surface area (Å²) in [6.45, 7) is 2.20. The first-order valence-electron chi connectivity index (χ1n) is 5.62. The van der Waals surface area contributed by atoms with Gasteiger partial charge < -0.3 is 14.8 Å². The smallest absolute Gasteiger partial charge is 0.242 e. The van der Waals surface area contributed by atoms with Crippen molar-refractivity contribution in [2.45, 2.75) is 24.9 Å². The van der Waals surface area contributed by atoms with Crippen LogP contribution in [-0.4, -0.2) is 30.6 Å². The molecule has 0 radical (unpaired) electrons. The summed E-state index contributed by atoms with van der Waals surface area (Å²) in [4.78, 5) is 6.98.